The van der Waals surface area contributed by atoms with Crippen LogP contribution in [0.25, 0.3) is 10.2 Å². The van der Waals surface area contributed by atoms with Crippen molar-refractivity contribution in [1.29, 1.82) is 0 Å². The largest absolute Gasteiger partial charge is 0.379 e. The maximum atomic E-state index is 13.9. The van der Waals surface area contributed by atoms with Crippen molar-refractivity contribution < 1.29 is 26.4 Å². The first-order valence-electron chi connectivity index (χ1n) is 12.5. The molecular formula is C24H29ClN4O6S4. The normalized spacial score (nSPS) is 18.5. The lowest BCUT2D eigenvalue weighted by Gasteiger charge is -2.34. The molecule has 0 atom stereocenters. The summed E-state index contributed by atoms with van der Waals surface area (Å²) in [4.78, 5) is 22.6. The molecule has 0 saturated carbocycles. The van der Waals surface area contributed by atoms with E-state index in [1.165, 1.54) is 27.8 Å². The van der Waals surface area contributed by atoms with E-state index >= 15 is 0 Å². The monoisotopic (exact) mass is 632 g/mol. The highest BCUT2D eigenvalue weighted by atomic mass is 35.5. The predicted octanol–water partition coefficient (Wildman–Crippen LogP) is 3.18. The van der Waals surface area contributed by atoms with E-state index in [0.29, 0.717) is 58.8 Å². The fourth-order valence-electron chi connectivity index (χ4n) is 4.82. The number of fused-ring (bicyclic) bond motifs is 1. The summed E-state index contributed by atoms with van der Waals surface area (Å²) in [6.07, 6.45) is 1.91. The molecule has 2 aromatic heterocycles. The molecule has 1 amide bonds. The van der Waals surface area contributed by atoms with Gasteiger partial charge in [0.25, 0.3) is 10.0 Å². The molecule has 2 aliphatic rings. The Labute approximate surface area is 241 Å². The lowest BCUT2D eigenvalue weighted by atomic mass is 9.96. The van der Waals surface area contributed by atoms with Gasteiger partial charge < -0.3 is 4.74 Å². The summed E-state index contributed by atoms with van der Waals surface area (Å²) in [5.41, 5.74) is 0.361. The number of carbonyl (C=O) groups is 1. The number of benzene rings is 1. The molecule has 15 heteroatoms. The summed E-state index contributed by atoms with van der Waals surface area (Å²) < 4.78 is 58.9. The van der Waals surface area contributed by atoms with Gasteiger partial charge in [0, 0.05) is 51.4 Å². The number of sulfonamides is 1. The second-order valence-electron chi connectivity index (χ2n) is 9.55. The van der Waals surface area contributed by atoms with Crippen molar-refractivity contribution in [2.45, 2.75) is 21.9 Å². The zero-order valence-electron chi connectivity index (χ0n) is 21.3. The van der Waals surface area contributed by atoms with Crippen LogP contribution in [0.3, 0.4) is 0 Å². The van der Waals surface area contributed by atoms with Crippen molar-refractivity contribution in [3.63, 3.8) is 0 Å². The van der Waals surface area contributed by atoms with Crippen molar-refractivity contribution in [1.82, 2.24) is 14.2 Å². The lowest BCUT2D eigenvalue weighted by Crippen LogP contribution is -2.47. The highest BCUT2D eigenvalue weighted by Gasteiger charge is 2.36. The number of halogens is 1. The molecule has 2 saturated heterocycles. The maximum absolute atomic E-state index is 13.9. The minimum atomic E-state index is -3.67. The van der Waals surface area contributed by atoms with E-state index in [9.17, 15) is 21.6 Å². The van der Waals surface area contributed by atoms with Crippen LogP contribution in [-0.2, 0) is 29.4 Å². The first-order valence-corrected chi connectivity index (χ1v) is 17.8. The number of ether oxygens (including phenoxy) is 1. The number of hydrogen-bond donors (Lipinski definition) is 0. The topological polar surface area (TPSA) is 117 Å². The second-order valence-corrected chi connectivity index (χ2v) is 16.4. The van der Waals surface area contributed by atoms with Crippen LogP contribution in [0.4, 0.5) is 5.13 Å². The zero-order chi connectivity index (χ0) is 27.8. The molecular weight excluding hydrogens is 604 g/mol. The molecule has 0 bridgehead atoms. The number of thiazole rings is 1. The average Bonchev–Trinajstić information content (AvgIpc) is 3.55. The van der Waals surface area contributed by atoms with E-state index in [0.717, 1.165) is 30.7 Å². The van der Waals surface area contributed by atoms with Crippen molar-refractivity contribution in [2.75, 3.05) is 63.6 Å². The Balaban J connectivity index is 1.37. The molecule has 2 aliphatic heterocycles. The molecule has 0 aliphatic carbocycles. The molecule has 39 heavy (non-hydrogen) atoms. The first kappa shape index (κ1) is 28.9. The zero-order valence-corrected chi connectivity index (χ0v) is 25.3. The van der Waals surface area contributed by atoms with Gasteiger partial charge in [-0.25, -0.2) is 21.8 Å². The minimum Gasteiger partial charge on any atom is -0.379 e. The molecule has 0 N–H and O–H groups in total. The molecule has 1 aromatic carbocycles. The Bertz CT molecular complexity index is 1560. The third-order valence-corrected chi connectivity index (χ3v) is 12.7. The van der Waals surface area contributed by atoms with Crippen LogP contribution in [0.1, 0.15) is 12.8 Å². The molecule has 5 rings (SSSR count). The summed E-state index contributed by atoms with van der Waals surface area (Å²) in [6.45, 7) is 4.26. The Hall–Kier alpha value is -1.65. The van der Waals surface area contributed by atoms with Crippen LogP contribution >= 0.6 is 34.3 Å². The number of morpholine rings is 1. The van der Waals surface area contributed by atoms with Gasteiger partial charge >= 0.3 is 0 Å². The van der Waals surface area contributed by atoms with Crippen LogP contribution in [-0.4, -0.2) is 95.7 Å². The first-order chi connectivity index (χ1) is 18.5. The number of amides is 1. The summed E-state index contributed by atoms with van der Waals surface area (Å²) in [5, 5.41) is 0.447. The van der Waals surface area contributed by atoms with E-state index in [1.807, 2.05) is 0 Å². The maximum Gasteiger partial charge on any atom is 0.252 e. The number of rotatable bonds is 8. The van der Waals surface area contributed by atoms with Crippen LogP contribution < -0.4 is 4.90 Å². The molecule has 2 fully saturated rings. The van der Waals surface area contributed by atoms with E-state index in [-0.39, 0.29) is 34.0 Å². The Kier molecular flexibility index (Phi) is 8.65. The number of piperidine rings is 1. The third-order valence-electron chi connectivity index (χ3n) is 6.96. The lowest BCUT2D eigenvalue weighted by molar-refractivity contribution is -0.123. The molecule has 10 nitrogen and oxygen atoms in total. The van der Waals surface area contributed by atoms with Crippen molar-refractivity contribution in [3.05, 3.63) is 34.7 Å². The number of hydrogen-bond acceptors (Lipinski definition) is 10. The number of anilines is 1. The van der Waals surface area contributed by atoms with Gasteiger partial charge in [0.15, 0.2) is 15.0 Å². The van der Waals surface area contributed by atoms with Gasteiger partial charge in [0.1, 0.15) is 9.73 Å². The average molecular weight is 633 g/mol. The SMILES string of the molecule is CS(=O)(=O)c1cccc2sc(N(CCN3CCOCC3)C(=O)C3CCN(S(=O)(=O)c4ccc(Cl)s4)CC3)nc12. The van der Waals surface area contributed by atoms with Crippen LogP contribution in [0, 0.1) is 5.92 Å². The molecule has 0 radical (unpaired) electrons. The number of para-hydroxylation sites is 1. The van der Waals surface area contributed by atoms with Crippen molar-refractivity contribution >= 4 is 75.4 Å². The quantitative estimate of drug-likeness (QED) is 0.372. The minimum absolute atomic E-state index is 0.126. The smallest absolute Gasteiger partial charge is 0.252 e. The fraction of sp³-hybridized carbons (Fsp3) is 0.500. The van der Waals surface area contributed by atoms with E-state index < -0.39 is 19.9 Å². The molecule has 0 spiro atoms. The van der Waals surface area contributed by atoms with Gasteiger partial charge in [0.2, 0.25) is 5.91 Å². The summed E-state index contributed by atoms with van der Waals surface area (Å²) in [7, 11) is -7.17. The van der Waals surface area contributed by atoms with E-state index in [2.05, 4.69) is 9.88 Å². The number of nitrogens with zero attached hydrogens (tertiary/aromatic N) is 4. The molecule has 4 heterocycles. The third kappa shape index (κ3) is 6.32. The van der Waals surface area contributed by atoms with Crippen LogP contribution in [0.2, 0.25) is 4.34 Å². The Morgan fingerprint density at radius 2 is 1.79 bits per heavy atom. The van der Waals surface area contributed by atoms with Crippen molar-refractivity contribution in [2.24, 2.45) is 5.92 Å². The highest BCUT2D eigenvalue weighted by Crippen LogP contribution is 2.35. The van der Waals surface area contributed by atoms with Crippen LogP contribution in [0.15, 0.2) is 39.4 Å². The molecule has 3 aromatic rings. The molecule has 0 unspecified atom stereocenters. The number of thiophene rings is 1. The predicted molar refractivity (Wildman–Crippen MR) is 153 cm³/mol. The number of sulfone groups is 1. The second kappa shape index (κ2) is 11.7. The van der Waals surface area contributed by atoms with Gasteiger partial charge in [-0.3, -0.25) is 14.6 Å². The summed E-state index contributed by atoms with van der Waals surface area (Å²) >= 11 is 8.26. The number of aromatic nitrogens is 1. The molecule has 212 valence electrons. The standard InChI is InChI=1S/C24H29ClN4O6S4/c1-38(31,32)19-4-2-3-18-22(19)26-24(36-18)29(12-11-27-13-15-35-16-14-27)23(30)17-7-9-28(10-8-17)39(33,34)21-6-5-20(25)37-21/h2-6,17H,7-16H2,1H3. The number of carbonyl (C=O) groups excluding carboxylic acids is 1. The highest BCUT2D eigenvalue weighted by molar-refractivity contribution is 7.91. The Morgan fingerprint density at radius 3 is 2.44 bits per heavy atom. The fourth-order valence-corrected chi connectivity index (χ4v) is 9.85. The van der Waals surface area contributed by atoms with Gasteiger partial charge in [-0.2, -0.15) is 4.31 Å². The summed E-state index contributed by atoms with van der Waals surface area (Å²) in [5.74, 6) is -0.506. The van der Waals surface area contributed by atoms with Crippen molar-refractivity contribution in [3.8, 4) is 0 Å². The van der Waals surface area contributed by atoms with E-state index in [4.69, 9.17) is 16.3 Å². The van der Waals surface area contributed by atoms with Crippen LogP contribution in [0.5, 0.6) is 0 Å². The van der Waals surface area contributed by atoms with Gasteiger partial charge in [-0.15, -0.1) is 11.3 Å². The van der Waals surface area contributed by atoms with Gasteiger partial charge in [-0.1, -0.05) is 29.0 Å². The Morgan fingerprint density at radius 1 is 1.08 bits per heavy atom. The van der Waals surface area contributed by atoms with Gasteiger partial charge in [0.05, 0.1) is 27.1 Å². The summed E-state index contributed by atoms with van der Waals surface area (Å²) in [6, 6.07) is 8.07. The van der Waals surface area contributed by atoms with Gasteiger partial charge in [-0.05, 0) is 37.1 Å². The van der Waals surface area contributed by atoms with E-state index in [1.54, 1.807) is 23.1 Å².